The van der Waals surface area contributed by atoms with Crippen molar-refractivity contribution in [1.29, 1.82) is 0 Å². The molecule has 0 radical (unpaired) electrons. The van der Waals surface area contributed by atoms with Crippen molar-refractivity contribution in [2.24, 2.45) is 0 Å². The number of carbonyl (C=O) groups excluding carboxylic acids is 1. The minimum Gasteiger partial charge on any atom is -0.360 e. The van der Waals surface area contributed by atoms with Gasteiger partial charge in [-0.25, -0.2) is 9.07 Å². The van der Waals surface area contributed by atoms with Crippen LogP contribution in [0.25, 0.3) is 11.3 Å². The Bertz CT molecular complexity index is 963. The van der Waals surface area contributed by atoms with E-state index in [4.69, 9.17) is 4.52 Å². The summed E-state index contributed by atoms with van der Waals surface area (Å²) in [6.07, 6.45) is 0. The van der Waals surface area contributed by atoms with Gasteiger partial charge in [0.2, 0.25) is 5.91 Å². The van der Waals surface area contributed by atoms with Crippen molar-refractivity contribution in [1.82, 2.24) is 14.9 Å². The van der Waals surface area contributed by atoms with Gasteiger partial charge >= 0.3 is 0 Å². The average molecular weight is 342 g/mol. The highest BCUT2D eigenvalue weighted by Crippen LogP contribution is 2.17. The SMILES string of the molecule is Cc1cc(NC(=O)C(C)n2nc(-c3ccc(F)cc3)ccc2=O)no1. The molecule has 128 valence electrons. The van der Waals surface area contributed by atoms with Gasteiger partial charge in [0.25, 0.3) is 5.56 Å². The number of halogens is 1. The molecular formula is C17H15FN4O3. The first-order valence-electron chi connectivity index (χ1n) is 7.54. The van der Waals surface area contributed by atoms with Crippen molar-refractivity contribution in [2.75, 3.05) is 5.32 Å². The van der Waals surface area contributed by atoms with Gasteiger partial charge in [0.1, 0.15) is 17.6 Å². The molecule has 0 saturated carbocycles. The van der Waals surface area contributed by atoms with Gasteiger partial charge < -0.3 is 9.84 Å². The predicted octanol–water partition coefficient (Wildman–Crippen LogP) is 2.55. The van der Waals surface area contributed by atoms with Crippen LogP contribution in [0.15, 0.2) is 51.8 Å². The lowest BCUT2D eigenvalue weighted by Gasteiger charge is -2.14. The van der Waals surface area contributed by atoms with E-state index in [0.29, 0.717) is 17.0 Å². The molecule has 2 aromatic heterocycles. The molecule has 3 rings (SSSR count). The fourth-order valence-corrected chi connectivity index (χ4v) is 2.24. The van der Waals surface area contributed by atoms with E-state index in [2.05, 4.69) is 15.6 Å². The predicted molar refractivity (Wildman–Crippen MR) is 88.5 cm³/mol. The molecule has 0 fully saturated rings. The average Bonchev–Trinajstić information content (AvgIpc) is 3.00. The van der Waals surface area contributed by atoms with E-state index in [1.165, 1.54) is 24.3 Å². The Kier molecular flexibility index (Phi) is 4.42. The molecule has 8 heteroatoms. The molecule has 25 heavy (non-hydrogen) atoms. The summed E-state index contributed by atoms with van der Waals surface area (Å²) >= 11 is 0. The second-order valence-corrected chi connectivity index (χ2v) is 5.50. The highest BCUT2D eigenvalue weighted by atomic mass is 19.1. The van der Waals surface area contributed by atoms with Crippen molar-refractivity contribution in [3.05, 3.63) is 64.4 Å². The largest absolute Gasteiger partial charge is 0.360 e. The molecule has 3 aromatic rings. The Morgan fingerprint density at radius 1 is 1.24 bits per heavy atom. The molecule has 0 aliphatic rings. The zero-order chi connectivity index (χ0) is 18.0. The van der Waals surface area contributed by atoms with Gasteiger partial charge in [0.15, 0.2) is 5.82 Å². The number of carbonyl (C=O) groups is 1. The minimum atomic E-state index is -0.870. The van der Waals surface area contributed by atoms with Crippen LogP contribution in [0.3, 0.4) is 0 Å². The maximum Gasteiger partial charge on any atom is 0.267 e. The van der Waals surface area contributed by atoms with Crippen LogP contribution in [0.4, 0.5) is 10.2 Å². The van der Waals surface area contributed by atoms with Gasteiger partial charge in [-0.3, -0.25) is 9.59 Å². The number of anilines is 1. The zero-order valence-corrected chi connectivity index (χ0v) is 13.6. The van der Waals surface area contributed by atoms with Crippen molar-refractivity contribution < 1.29 is 13.7 Å². The summed E-state index contributed by atoms with van der Waals surface area (Å²) in [6, 6.07) is 9.24. The summed E-state index contributed by atoms with van der Waals surface area (Å²) in [5.41, 5.74) is 0.663. The maximum absolute atomic E-state index is 13.0. The number of nitrogens with one attached hydrogen (secondary N) is 1. The Morgan fingerprint density at radius 2 is 1.96 bits per heavy atom. The zero-order valence-electron chi connectivity index (χ0n) is 13.6. The lowest BCUT2D eigenvalue weighted by atomic mass is 10.1. The Balaban J connectivity index is 1.87. The summed E-state index contributed by atoms with van der Waals surface area (Å²) in [5, 5.41) is 10.5. The van der Waals surface area contributed by atoms with E-state index in [-0.39, 0.29) is 11.6 Å². The molecule has 0 aliphatic heterocycles. The second-order valence-electron chi connectivity index (χ2n) is 5.50. The number of amides is 1. The summed E-state index contributed by atoms with van der Waals surface area (Å²) in [5.74, 6) is -0.0134. The summed E-state index contributed by atoms with van der Waals surface area (Å²) in [6.45, 7) is 3.25. The number of aromatic nitrogens is 3. The van der Waals surface area contributed by atoms with Crippen LogP contribution in [0.2, 0.25) is 0 Å². The smallest absolute Gasteiger partial charge is 0.267 e. The van der Waals surface area contributed by atoms with Crippen molar-refractivity contribution >= 4 is 11.7 Å². The van der Waals surface area contributed by atoms with E-state index >= 15 is 0 Å². The molecule has 1 aromatic carbocycles. The third-order valence-corrected chi connectivity index (χ3v) is 3.59. The molecule has 1 amide bonds. The van der Waals surface area contributed by atoms with E-state index in [1.807, 2.05) is 0 Å². The summed E-state index contributed by atoms with van der Waals surface area (Å²) in [4.78, 5) is 24.4. The maximum atomic E-state index is 13.0. The lowest BCUT2D eigenvalue weighted by molar-refractivity contribution is -0.119. The molecule has 0 saturated heterocycles. The third-order valence-electron chi connectivity index (χ3n) is 3.59. The van der Waals surface area contributed by atoms with E-state index in [1.54, 1.807) is 32.0 Å². The lowest BCUT2D eigenvalue weighted by Crippen LogP contribution is -2.33. The van der Waals surface area contributed by atoms with E-state index < -0.39 is 17.5 Å². The molecule has 0 bridgehead atoms. The Labute approximate surface area is 142 Å². The molecule has 1 unspecified atom stereocenters. The highest BCUT2D eigenvalue weighted by Gasteiger charge is 2.19. The molecule has 1 N–H and O–H groups in total. The van der Waals surface area contributed by atoms with Crippen LogP contribution in [0.1, 0.15) is 18.7 Å². The number of hydrogen-bond acceptors (Lipinski definition) is 5. The molecular weight excluding hydrogens is 327 g/mol. The number of rotatable bonds is 4. The standard InChI is InChI=1S/C17H15FN4O3/c1-10-9-15(21-25-10)19-17(24)11(2)22-16(23)8-7-14(20-22)12-3-5-13(18)6-4-12/h3-9,11H,1-2H3,(H,19,21,24). The number of hydrogen-bond donors (Lipinski definition) is 1. The minimum absolute atomic E-state index is 0.261. The molecule has 0 aliphatic carbocycles. The Hall–Kier alpha value is -3.29. The van der Waals surface area contributed by atoms with Crippen LogP contribution in [-0.2, 0) is 4.79 Å². The van der Waals surface area contributed by atoms with E-state index in [0.717, 1.165) is 4.68 Å². The van der Waals surface area contributed by atoms with Crippen LogP contribution >= 0.6 is 0 Å². The monoisotopic (exact) mass is 342 g/mol. The van der Waals surface area contributed by atoms with Gasteiger partial charge in [-0.1, -0.05) is 5.16 Å². The van der Waals surface area contributed by atoms with Crippen molar-refractivity contribution in [2.45, 2.75) is 19.9 Å². The van der Waals surface area contributed by atoms with Gasteiger partial charge in [-0.15, -0.1) is 0 Å². The number of aryl methyl sites for hydroxylation is 1. The third kappa shape index (κ3) is 3.63. The van der Waals surface area contributed by atoms with Crippen LogP contribution < -0.4 is 10.9 Å². The Morgan fingerprint density at radius 3 is 2.60 bits per heavy atom. The van der Waals surface area contributed by atoms with Crippen LogP contribution in [-0.4, -0.2) is 20.8 Å². The molecule has 0 spiro atoms. The first-order valence-corrected chi connectivity index (χ1v) is 7.54. The van der Waals surface area contributed by atoms with E-state index in [9.17, 15) is 14.0 Å². The van der Waals surface area contributed by atoms with Gasteiger partial charge in [-0.05, 0) is 44.2 Å². The van der Waals surface area contributed by atoms with Gasteiger partial charge in [0, 0.05) is 17.7 Å². The summed E-state index contributed by atoms with van der Waals surface area (Å²) in [7, 11) is 0. The van der Waals surface area contributed by atoms with Gasteiger partial charge in [0.05, 0.1) is 5.69 Å². The van der Waals surface area contributed by atoms with Crippen molar-refractivity contribution in [3.8, 4) is 11.3 Å². The first-order chi connectivity index (χ1) is 11.9. The first kappa shape index (κ1) is 16.6. The van der Waals surface area contributed by atoms with Crippen molar-refractivity contribution in [3.63, 3.8) is 0 Å². The topological polar surface area (TPSA) is 90.0 Å². The molecule has 1 atom stereocenters. The fourth-order valence-electron chi connectivity index (χ4n) is 2.24. The highest BCUT2D eigenvalue weighted by molar-refractivity contribution is 5.92. The van der Waals surface area contributed by atoms with Crippen LogP contribution in [0.5, 0.6) is 0 Å². The number of nitrogens with zero attached hydrogens (tertiary/aromatic N) is 3. The molecule has 7 nitrogen and oxygen atoms in total. The molecule has 2 heterocycles. The summed E-state index contributed by atoms with van der Waals surface area (Å²) < 4.78 is 19.0. The normalized spacial score (nSPS) is 12.0. The van der Waals surface area contributed by atoms with Crippen LogP contribution in [0, 0.1) is 12.7 Å². The fraction of sp³-hybridized carbons (Fsp3) is 0.176. The number of benzene rings is 1. The second kappa shape index (κ2) is 6.68. The quantitative estimate of drug-likeness (QED) is 0.787. The van der Waals surface area contributed by atoms with Gasteiger partial charge in [-0.2, -0.15) is 5.10 Å².